The van der Waals surface area contributed by atoms with E-state index >= 15 is 0 Å². The molecule has 35 heavy (non-hydrogen) atoms. The minimum atomic E-state index is -0.623. The zero-order chi connectivity index (χ0) is 25.2. The Morgan fingerprint density at radius 2 is 1.94 bits per heavy atom. The van der Waals surface area contributed by atoms with E-state index < -0.39 is 17.1 Å². The summed E-state index contributed by atoms with van der Waals surface area (Å²) in [6.45, 7) is 7.07. The molecule has 1 aromatic carbocycles. The van der Waals surface area contributed by atoms with Crippen LogP contribution >= 0.6 is 0 Å². The number of hydrogen-bond acceptors (Lipinski definition) is 9. The van der Waals surface area contributed by atoms with Crippen LogP contribution < -0.4 is 15.5 Å². The second-order valence-corrected chi connectivity index (χ2v) is 9.29. The highest BCUT2D eigenvalue weighted by Crippen LogP contribution is 2.26. The SMILES string of the molecule is CC(C)(C)/C(O)=C/C(=N)NC(=O)c1ccc(F)c(Nc2ncnc3cnc(N4CCCC4)nc23)c1. The van der Waals surface area contributed by atoms with Crippen molar-refractivity contribution in [2.24, 2.45) is 5.41 Å². The summed E-state index contributed by atoms with van der Waals surface area (Å²) in [5.74, 6) is -0.708. The number of amidine groups is 1. The fourth-order valence-corrected chi connectivity index (χ4v) is 3.48. The first kappa shape index (κ1) is 24.0. The van der Waals surface area contributed by atoms with E-state index in [4.69, 9.17) is 5.41 Å². The van der Waals surface area contributed by atoms with Gasteiger partial charge in [0, 0.05) is 30.1 Å². The van der Waals surface area contributed by atoms with Gasteiger partial charge in [0.1, 0.15) is 34.8 Å². The van der Waals surface area contributed by atoms with E-state index in [0.717, 1.165) is 32.0 Å². The van der Waals surface area contributed by atoms with Crippen molar-refractivity contribution in [2.45, 2.75) is 33.6 Å². The van der Waals surface area contributed by atoms with Gasteiger partial charge in [0.2, 0.25) is 5.95 Å². The van der Waals surface area contributed by atoms with Crippen LogP contribution in [0.5, 0.6) is 0 Å². The number of halogens is 1. The number of fused-ring (bicyclic) bond motifs is 1. The molecule has 0 aliphatic carbocycles. The van der Waals surface area contributed by atoms with Crippen molar-refractivity contribution in [1.82, 2.24) is 25.3 Å². The number of aromatic nitrogens is 4. The van der Waals surface area contributed by atoms with E-state index in [1.165, 1.54) is 24.5 Å². The fourth-order valence-electron chi connectivity index (χ4n) is 3.48. The predicted octanol–water partition coefficient (Wildman–Crippen LogP) is 4.10. The standard InChI is InChI=1S/C24H27FN8O2/c1-24(2,3)18(34)11-19(26)31-22(35)14-6-7-15(25)16(10-14)30-21-20-17(28-13-29-21)12-27-23(32-20)33-8-4-5-9-33/h6-7,10-13,34H,4-5,8-9H2,1-3H3,(H2,26,31,35)(H,28,29,30)/b18-11-. The maximum absolute atomic E-state index is 14.6. The first-order valence-corrected chi connectivity index (χ1v) is 11.2. The van der Waals surface area contributed by atoms with Crippen molar-refractivity contribution in [1.29, 1.82) is 5.41 Å². The maximum atomic E-state index is 14.6. The van der Waals surface area contributed by atoms with Crippen LogP contribution in [0.3, 0.4) is 0 Å². The number of benzene rings is 1. The van der Waals surface area contributed by atoms with E-state index in [0.29, 0.717) is 17.0 Å². The number of aliphatic hydroxyl groups is 1. The lowest BCUT2D eigenvalue weighted by molar-refractivity contribution is 0.0977. The molecule has 182 valence electrons. The zero-order valence-electron chi connectivity index (χ0n) is 19.8. The molecular weight excluding hydrogens is 451 g/mol. The number of carbonyl (C=O) groups excluding carboxylic acids is 1. The van der Waals surface area contributed by atoms with Crippen molar-refractivity contribution in [3.63, 3.8) is 0 Å². The van der Waals surface area contributed by atoms with Crippen molar-refractivity contribution in [3.8, 4) is 0 Å². The van der Waals surface area contributed by atoms with Gasteiger partial charge in [0.25, 0.3) is 5.91 Å². The highest BCUT2D eigenvalue weighted by atomic mass is 19.1. The third-order valence-electron chi connectivity index (χ3n) is 5.53. The van der Waals surface area contributed by atoms with Gasteiger partial charge in [-0.15, -0.1) is 0 Å². The molecule has 1 aliphatic rings. The normalized spacial score (nSPS) is 14.3. The largest absolute Gasteiger partial charge is 0.512 e. The molecule has 11 heteroatoms. The maximum Gasteiger partial charge on any atom is 0.256 e. The lowest BCUT2D eigenvalue weighted by Crippen LogP contribution is -2.29. The molecule has 0 bridgehead atoms. The van der Waals surface area contributed by atoms with Gasteiger partial charge in [-0.25, -0.2) is 24.3 Å². The molecule has 0 saturated carbocycles. The minimum Gasteiger partial charge on any atom is -0.512 e. The monoisotopic (exact) mass is 478 g/mol. The predicted molar refractivity (Wildman–Crippen MR) is 132 cm³/mol. The highest BCUT2D eigenvalue weighted by Gasteiger charge is 2.19. The average Bonchev–Trinajstić information content (AvgIpc) is 3.34. The Kier molecular flexibility index (Phi) is 6.59. The Bertz CT molecular complexity index is 1310. The first-order valence-electron chi connectivity index (χ1n) is 11.2. The Morgan fingerprint density at radius 3 is 2.66 bits per heavy atom. The molecule has 0 radical (unpaired) electrons. The summed E-state index contributed by atoms with van der Waals surface area (Å²) < 4.78 is 14.6. The summed E-state index contributed by atoms with van der Waals surface area (Å²) >= 11 is 0. The number of anilines is 3. The molecule has 0 spiro atoms. The number of hydrogen-bond donors (Lipinski definition) is 4. The lowest BCUT2D eigenvalue weighted by atomic mass is 9.93. The minimum absolute atomic E-state index is 0.0126. The van der Waals surface area contributed by atoms with E-state index in [-0.39, 0.29) is 28.7 Å². The highest BCUT2D eigenvalue weighted by molar-refractivity contribution is 6.09. The van der Waals surface area contributed by atoms with Gasteiger partial charge >= 0.3 is 0 Å². The van der Waals surface area contributed by atoms with Crippen LogP contribution in [0.25, 0.3) is 11.0 Å². The summed E-state index contributed by atoms with van der Waals surface area (Å²) in [7, 11) is 0. The number of nitrogens with zero attached hydrogens (tertiary/aromatic N) is 5. The molecule has 1 saturated heterocycles. The summed E-state index contributed by atoms with van der Waals surface area (Å²) in [6.07, 6.45) is 6.25. The summed E-state index contributed by atoms with van der Waals surface area (Å²) in [4.78, 5) is 32.1. The molecule has 3 aromatic rings. The van der Waals surface area contributed by atoms with Crippen molar-refractivity contribution in [3.05, 3.63) is 53.9 Å². The summed E-state index contributed by atoms with van der Waals surface area (Å²) in [5.41, 5.74) is 0.496. The van der Waals surface area contributed by atoms with Crippen LogP contribution in [0.1, 0.15) is 44.0 Å². The van der Waals surface area contributed by atoms with Gasteiger partial charge < -0.3 is 20.6 Å². The molecule has 4 N–H and O–H groups in total. The van der Waals surface area contributed by atoms with Crippen molar-refractivity contribution >= 4 is 40.2 Å². The third kappa shape index (κ3) is 5.51. The molecule has 4 rings (SSSR count). The van der Waals surface area contributed by atoms with E-state index in [1.54, 1.807) is 27.0 Å². The molecule has 1 fully saturated rings. The number of nitrogens with one attached hydrogen (secondary N) is 3. The molecule has 10 nitrogen and oxygen atoms in total. The molecule has 1 aliphatic heterocycles. The van der Waals surface area contributed by atoms with Crippen LogP contribution in [-0.4, -0.2) is 49.9 Å². The van der Waals surface area contributed by atoms with E-state index in [1.807, 2.05) is 0 Å². The number of allylic oxidation sites excluding steroid dienone is 1. The lowest BCUT2D eigenvalue weighted by Gasteiger charge is -2.17. The first-order chi connectivity index (χ1) is 16.6. The second-order valence-electron chi connectivity index (χ2n) is 9.29. The van der Waals surface area contributed by atoms with E-state index in [2.05, 4.69) is 35.5 Å². The van der Waals surface area contributed by atoms with Crippen LogP contribution in [0.4, 0.5) is 21.8 Å². The summed E-state index contributed by atoms with van der Waals surface area (Å²) in [5, 5.41) is 23.3. The van der Waals surface area contributed by atoms with Crippen LogP contribution in [-0.2, 0) is 0 Å². The Hall–Kier alpha value is -4.15. The van der Waals surface area contributed by atoms with Gasteiger partial charge in [0.05, 0.1) is 11.9 Å². The molecule has 0 atom stereocenters. The molecule has 0 unspecified atom stereocenters. The number of aliphatic hydroxyl groups excluding tert-OH is 1. The number of rotatable bonds is 5. The Morgan fingerprint density at radius 1 is 1.20 bits per heavy atom. The van der Waals surface area contributed by atoms with Gasteiger partial charge in [-0.05, 0) is 31.0 Å². The molecule has 1 amide bonds. The van der Waals surface area contributed by atoms with Crippen LogP contribution in [0.15, 0.2) is 42.6 Å². The van der Waals surface area contributed by atoms with E-state index in [9.17, 15) is 14.3 Å². The van der Waals surface area contributed by atoms with Gasteiger partial charge in [-0.3, -0.25) is 10.2 Å². The third-order valence-corrected chi connectivity index (χ3v) is 5.53. The summed E-state index contributed by atoms with van der Waals surface area (Å²) in [6, 6.07) is 3.78. The topological polar surface area (TPSA) is 140 Å². The smallest absolute Gasteiger partial charge is 0.256 e. The molecular formula is C24H27FN8O2. The molecule has 3 heterocycles. The Labute approximate surface area is 201 Å². The van der Waals surface area contributed by atoms with Crippen LogP contribution in [0.2, 0.25) is 0 Å². The zero-order valence-corrected chi connectivity index (χ0v) is 19.8. The fraction of sp³-hybridized carbons (Fsp3) is 0.333. The average molecular weight is 479 g/mol. The van der Waals surface area contributed by atoms with Gasteiger partial charge in [-0.1, -0.05) is 20.8 Å². The quantitative estimate of drug-likeness (QED) is 0.244. The number of carbonyl (C=O) groups is 1. The second kappa shape index (κ2) is 9.61. The Balaban J connectivity index is 1.58. The van der Waals surface area contributed by atoms with Gasteiger partial charge in [0.15, 0.2) is 5.82 Å². The van der Waals surface area contributed by atoms with Crippen LogP contribution in [0, 0.1) is 16.6 Å². The van der Waals surface area contributed by atoms with Gasteiger partial charge in [-0.2, -0.15) is 0 Å². The van der Waals surface area contributed by atoms with Crippen molar-refractivity contribution < 1.29 is 14.3 Å². The van der Waals surface area contributed by atoms with Crippen molar-refractivity contribution in [2.75, 3.05) is 23.3 Å². The number of amides is 1. The molecule has 2 aromatic heterocycles.